The minimum atomic E-state index is -0.690. The van der Waals surface area contributed by atoms with E-state index in [9.17, 15) is 4.79 Å². The van der Waals surface area contributed by atoms with Gasteiger partial charge in [-0.05, 0) is 20.8 Å². The molecule has 3 nitrogen and oxygen atoms in total. The predicted octanol–water partition coefficient (Wildman–Crippen LogP) is 0.890. The average molecular weight is 159 g/mol. The Morgan fingerprint density at radius 1 is 1.55 bits per heavy atom. The SMILES string of the molecule is CCN(C)C(=O)C(C)(C)OC. The largest absolute Gasteiger partial charge is 0.369 e. The van der Waals surface area contributed by atoms with Gasteiger partial charge in [-0.2, -0.15) is 0 Å². The van der Waals surface area contributed by atoms with Gasteiger partial charge in [0.1, 0.15) is 5.60 Å². The number of likely N-dealkylation sites (N-methyl/N-ethyl adjacent to an activating group) is 1. The van der Waals surface area contributed by atoms with Crippen molar-refractivity contribution in [3.63, 3.8) is 0 Å². The third-order valence-electron chi connectivity index (χ3n) is 1.85. The van der Waals surface area contributed by atoms with Crippen LogP contribution in [0.15, 0.2) is 0 Å². The zero-order valence-electron chi connectivity index (χ0n) is 7.97. The van der Waals surface area contributed by atoms with Gasteiger partial charge in [-0.1, -0.05) is 0 Å². The van der Waals surface area contributed by atoms with Gasteiger partial charge in [0, 0.05) is 20.7 Å². The molecular formula is C8H17NO2. The molecule has 0 radical (unpaired) electrons. The lowest BCUT2D eigenvalue weighted by Gasteiger charge is -2.27. The molecule has 0 aliphatic carbocycles. The number of amides is 1. The number of carbonyl (C=O) groups excluding carboxylic acids is 1. The van der Waals surface area contributed by atoms with Crippen LogP contribution in [0.5, 0.6) is 0 Å². The summed E-state index contributed by atoms with van der Waals surface area (Å²) in [6.07, 6.45) is 0. The first-order valence-electron chi connectivity index (χ1n) is 3.76. The maximum absolute atomic E-state index is 11.4. The summed E-state index contributed by atoms with van der Waals surface area (Å²) in [6, 6.07) is 0. The second-order valence-electron chi connectivity index (χ2n) is 3.03. The normalized spacial score (nSPS) is 11.4. The summed E-state index contributed by atoms with van der Waals surface area (Å²) in [5.41, 5.74) is -0.690. The van der Waals surface area contributed by atoms with Crippen LogP contribution in [0.2, 0.25) is 0 Å². The zero-order valence-corrected chi connectivity index (χ0v) is 7.97. The van der Waals surface area contributed by atoms with Crippen molar-refractivity contribution in [2.24, 2.45) is 0 Å². The van der Waals surface area contributed by atoms with Crippen LogP contribution in [0, 0.1) is 0 Å². The number of hydrogen-bond donors (Lipinski definition) is 0. The van der Waals surface area contributed by atoms with Crippen LogP contribution in [-0.4, -0.2) is 37.1 Å². The van der Waals surface area contributed by atoms with Crippen LogP contribution in [0.25, 0.3) is 0 Å². The predicted molar refractivity (Wildman–Crippen MR) is 44.4 cm³/mol. The Labute approximate surface area is 68.3 Å². The van der Waals surface area contributed by atoms with E-state index in [1.165, 1.54) is 0 Å². The molecule has 0 N–H and O–H groups in total. The van der Waals surface area contributed by atoms with Crippen LogP contribution in [-0.2, 0) is 9.53 Å². The molecule has 0 aliphatic heterocycles. The minimum absolute atomic E-state index is 0.0162. The van der Waals surface area contributed by atoms with E-state index in [-0.39, 0.29) is 5.91 Å². The van der Waals surface area contributed by atoms with E-state index < -0.39 is 5.60 Å². The molecule has 0 heterocycles. The smallest absolute Gasteiger partial charge is 0.253 e. The molecule has 0 saturated heterocycles. The molecule has 11 heavy (non-hydrogen) atoms. The number of rotatable bonds is 3. The summed E-state index contributed by atoms with van der Waals surface area (Å²) in [5, 5.41) is 0. The third kappa shape index (κ3) is 2.50. The number of ether oxygens (including phenoxy) is 1. The molecule has 0 spiro atoms. The van der Waals surface area contributed by atoms with Crippen molar-refractivity contribution in [1.29, 1.82) is 0 Å². The van der Waals surface area contributed by atoms with Crippen LogP contribution in [0.1, 0.15) is 20.8 Å². The fourth-order valence-corrected chi connectivity index (χ4v) is 0.691. The number of nitrogens with zero attached hydrogens (tertiary/aromatic N) is 1. The summed E-state index contributed by atoms with van der Waals surface area (Å²) >= 11 is 0. The molecule has 0 aromatic rings. The van der Waals surface area contributed by atoms with Crippen molar-refractivity contribution in [3.8, 4) is 0 Å². The van der Waals surface area contributed by atoms with Crippen molar-refractivity contribution >= 4 is 5.91 Å². The van der Waals surface area contributed by atoms with E-state index in [4.69, 9.17) is 4.74 Å². The van der Waals surface area contributed by atoms with Gasteiger partial charge in [-0.3, -0.25) is 4.79 Å². The molecule has 0 fully saturated rings. The van der Waals surface area contributed by atoms with Crippen LogP contribution in [0.4, 0.5) is 0 Å². The highest BCUT2D eigenvalue weighted by atomic mass is 16.5. The van der Waals surface area contributed by atoms with Gasteiger partial charge in [0.05, 0.1) is 0 Å². The highest BCUT2D eigenvalue weighted by Gasteiger charge is 2.29. The molecule has 0 atom stereocenters. The Morgan fingerprint density at radius 2 is 2.00 bits per heavy atom. The van der Waals surface area contributed by atoms with E-state index in [0.717, 1.165) is 0 Å². The van der Waals surface area contributed by atoms with Crippen LogP contribution < -0.4 is 0 Å². The van der Waals surface area contributed by atoms with Gasteiger partial charge in [0.15, 0.2) is 0 Å². The topological polar surface area (TPSA) is 29.5 Å². The summed E-state index contributed by atoms with van der Waals surface area (Å²) < 4.78 is 5.03. The van der Waals surface area contributed by atoms with Gasteiger partial charge in [0.25, 0.3) is 5.91 Å². The lowest BCUT2D eigenvalue weighted by molar-refractivity contribution is -0.149. The maximum Gasteiger partial charge on any atom is 0.253 e. The molecule has 0 unspecified atom stereocenters. The third-order valence-corrected chi connectivity index (χ3v) is 1.85. The van der Waals surface area contributed by atoms with Crippen molar-refractivity contribution in [2.45, 2.75) is 26.4 Å². The second-order valence-corrected chi connectivity index (χ2v) is 3.03. The number of hydrogen-bond acceptors (Lipinski definition) is 2. The summed E-state index contributed by atoms with van der Waals surface area (Å²) in [5.74, 6) is 0.0162. The van der Waals surface area contributed by atoms with E-state index in [2.05, 4.69) is 0 Å². The molecule has 1 amide bonds. The first-order chi connectivity index (χ1) is 4.95. The Kier molecular flexibility index (Phi) is 3.52. The molecule has 66 valence electrons. The van der Waals surface area contributed by atoms with Gasteiger partial charge >= 0.3 is 0 Å². The van der Waals surface area contributed by atoms with Crippen LogP contribution in [0.3, 0.4) is 0 Å². The summed E-state index contributed by atoms with van der Waals surface area (Å²) in [7, 11) is 3.31. The standard InChI is InChI=1S/C8H17NO2/c1-6-9(4)7(10)8(2,3)11-5/h6H2,1-5H3. The fourth-order valence-electron chi connectivity index (χ4n) is 0.691. The zero-order chi connectivity index (χ0) is 9.07. The van der Waals surface area contributed by atoms with E-state index in [1.54, 1.807) is 32.9 Å². The van der Waals surface area contributed by atoms with Crippen molar-refractivity contribution in [1.82, 2.24) is 4.90 Å². The van der Waals surface area contributed by atoms with Gasteiger partial charge in [-0.15, -0.1) is 0 Å². The van der Waals surface area contributed by atoms with Gasteiger partial charge < -0.3 is 9.64 Å². The Hall–Kier alpha value is -0.570. The lowest BCUT2D eigenvalue weighted by Crippen LogP contribution is -2.44. The van der Waals surface area contributed by atoms with Crippen molar-refractivity contribution in [3.05, 3.63) is 0 Å². The maximum atomic E-state index is 11.4. The quantitative estimate of drug-likeness (QED) is 0.612. The lowest BCUT2D eigenvalue weighted by atomic mass is 10.1. The number of carbonyl (C=O) groups is 1. The van der Waals surface area contributed by atoms with E-state index >= 15 is 0 Å². The highest BCUT2D eigenvalue weighted by Crippen LogP contribution is 2.10. The first-order valence-corrected chi connectivity index (χ1v) is 3.76. The Balaban J connectivity index is 4.23. The second kappa shape index (κ2) is 3.72. The number of methoxy groups -OCH3 is 1. The molecular weight excluding hydrogens is 142 g/mol. The fraction of sp³-hybridized carbons (Fsp3) is 0.875. The molecule has 3 heteroatoms. The summed E-state index contributed by atoms with van der Waals surface area (Å²) in [4.78, 5) is 13.1. The Morgan fingerprint density at radius 3 is 2.27 bits per heavy atom. The molecule has 0 bridgehead atoms. The molecule has 0 saturated carbocycles. The van der Waals surface area contributed by atoms with Crippen molar-refractivity contribution < 1.29 is 9.53 Å². The van der Waals surface area contributed by atoms with Gasteiger partial charge in [-0.25, -0.2) is 0 Å². The molecule has 0 aliphatic rings. The molecule has 0 aromatic heterocycles. The van der Waals surface area contributed by atoms with E-state index in [1.807, 2.05) is 6.92 Å². The average Bonchev–Trinajstić information content (AvgIpc) is 2.01. The summed E-state index contributed by atoms with van der Waals surface area (Å²) in [6.45, 7) is 6.18. The highest BCUT2D eigenvalue weighted by molar-refractivity contribution is 5.84. The van der Waals surface area contributed by atoms with Crippen LogP contribution >= 0.6 is 0 Å². The first kappa shape index (κ1) is 10.4. The van der Waals surface area contributed by atoms with E-state index in [0.29, 0.717) is 6.54 Å². The van der Waals surface area contributed by atoms with Gasteiger partial charge in [0.2, 0.25) is 0 Å². The molecule has 0 aromatic carbocycles. The molecule has 0 rings (SSSR count). The minimum Gasteiger partial charge on any atom is -0.369 e. The monoisotopic (exact) mass is 159 g/mol. The Bertz CT molecular complexity index is 143. The van der Waals surface area contributed by atoms with Crippen molar-refractivity contribution in [2.75, 3.05) is 20.7 Å².